The van der Waals surface area contributed by atoms with Gasteiger partial charge in [-0.1, -0.05) is 20.3 Å². The Balaban J connectivity index is 3.13. The molecule has 1 rings (SSSR count). The zero-order valence-corrected chi connectivity index (χ0v) is 12.8. The lowest BCUT2D eigenvalue weighted by Gasteiger charge is -2.28. The van der Waals surface area contributed by atoms with Gasteiger partial charge in [0.15, 0.2) is 0 Å². The highest BCUT2D eigenvalue weighted by Crippen LogP contribution is 2.25. The molecule has 0 aromatic carbocycles. The quantitative estimate of drug-likeness (QED) is 0.586. The van der Waals surface area contributed by atoms with Gasteiger partial charge in [0, 0.05) is 25.1 Å². The zero-order chi connectivity index (χ0) is 14.4. The molecular weight excluding hydrogens is 238 g/mol. The summed E-state index contributed by atoms with van der Waals surface area (Å²) in [7, 11) is 2.09. The maximum absolute atomic E-state index is 5.56. The molecule has 1 aromatic rings. The lowest BCUT2D eigenvalue weighted by atomic mass is 10.1. The van der Waals surface area contributed by atoms with E-state index in [2.05, 4.69) is 43.1 Å². The molecule has 0 spiro atoms. The van der Waals surface area contributed by atoms with Crippen LogP contribution in [0.3, 0.4) is 0 Å². The average molecular weight is 265 g/mol. The second-order valence-electron chi connectivity index (χ2n) is 5.08. The van der Waals surface area contributed by atoms with E-state index >= 15 is 0 Å². The first-order valence-corrected chi connectivity index (χ1v) is 7.12. The molecule has 1 heterocycles. The Labute approximate surface area is 116 Å². The molecule has 0 fully saturated rings. The molecule has 0 amide bonds. The number of rotatable bonds is 7. The number of nitrogens with zero attached hydrogens (tertiary/aromatic N) is 3. The SMILES string of the molecule is CCCc1nc(NN)c(C)c(N(C)C(C)CCC)n1. The van der Waals surface area contributed by atoms with Crippen LogP contribution in [-0.4, -0.2) is 23.1 Å². The van der Waals surface area contributed by atoms with Gasteiger partial charge < -0.3 is 10.3 Å². The van der Waals surface area contributed by atoms with Crippen LogP contribution in [0.1, 0.15) is 51.4 Å². The van der Waals surface area contributed by atoms with Crippen LogP contribution in [0, 0.1) is 6.92 Å². The summed E-state index contributed by atoms with van der Waals surface area (Å²) >= 11 is 0. The number of nitrogens with one attached hydrogen (secondary N) is 1. The van der Waals surface area contributed by atoms with Gasteiger partial charge in [-0.3, -0.25) is 0 Å². The Kier molecular flexibility index (Phi) is 6.02. The van der Waals surface area contributed by atoms with Crippen LogP contribution >= 0.6 is 0 Å². The highest BCUT2D eigenvalue weighted by atomic mass is 15.3. The second kappa shape index (κ2) is 7.28. The molecule has 1 unspecified atom stereocenters. The van der Waals surface area contributed by atoms with Crippen molar-refractivity contribution in [3.63, 3.8) is 0 Å². The van der Waals surface area contributed by atoms with Crippen molar-refractivity contribution in [3.8, 4) is 0 Å². The van der Waals surface area contributed by atoms with Gasteiger partial charge in [0.1, 0.15) is 17.5 Å². The molecule has 5 heteroatoms. The average Bonchev–Trinajstić information content (AvgIpc) is 2.40. The Bertz CT molecular complexity index is 405. The van der Waals surface area contributed by atoms with Gasteiger partial charge in [-0.15, -0.1) is 0 Å². The third kappa shape index (κ3) is 3.80. The summed E-state index contributed by atoms with van der Waals surface area (Å²) in [5.74, 6) is 8.12. The van der Waals surface area contributed by atoms with E-state index in [-0.39, 0.29) is 0 Å². The van der Waals surface area contributed by atoms with Gasteiger partial charge in [0.25, 0.3) is 0 Å². The van der Waals surface area contributed by atoms with Gasteiger partial charge in [0.05, 0.1) is 0 Å². The van der Waals surface area contributed by atoms with Crippen molar-refractivity contribution in [3.05, 3.63) is 11.4 Å². The predicted molar refractivity (Wildman–Crippen MR) is 81.3 cm³/mol. The van der Waals surface area contributed by atoms with E-state index in [1.165, 1.54) is 6.42 Å². The van der Waals surface area contributed by atoms with Crippen LogP contribution in [-0.2, 0) is 6.42 Å². The summed E-state index contributed by atoms with van der Waals surface area (Å²) in [4.78, 5) is 11.4. The van der Waals surface area contributed by atoms with Crippen molar-refractivity contribution in [2.24, 2.45) is 5.84 Å². The van der Waals surface area contributed by atoms with Crippen LogP contribution in [0.25, 0.3) is 0 Å². The number of anilines is 2. The minimum absolute atomic E-state index is 0.457. The first-order valence-electron chi connectivity index (χ1n) is 7.12. The number of hydrogen-bond acceptors (Lipinski definition) is 5. The Hall–Kier alpha value is -1.36. The van der Waals surface area contributed by atoms with E-state index in [4.69, 9.17) is 10.8 Å². The summed E-state index contributed by atoms with van der Waals surface area (Å²) < 4.78 is 0. The summed E-state index contributed by atoms with van der Waals surface area (Å²) in [6, 6.07) is 0.457. The molecule has 0 aliphatic heterocycles. The summed E-state index contributed by atoms with van der Waals surface area (Å²) in [5.41, 5.74) is 3.69. The van der Waals surface area contributed by atoms with Crippen molar-refractivity contribution < 1.29 is 0 Å². The normalized spacial score (nSPS) is 12.3. The molecule has 0 aliphatic carbocycles. The highest BCUT2D eigenvalue weighted by molar-refractivity contribution is 5.58. The lowest BCUT2D eigenvalue weighted by molar-refractivity contribution is 0.607. The minimum Gasteiger partial charge on any atom is -0.357 e. The molecule has 1 aromatic heterocycles. The van der Waals surface area contributed by atoms with Crippen molar-refractivity contribution in [1.82, 2.24) is 9.97 Å². The second-order valence-corrected chi connectivity index (χ2v) is 5.08. The molecule has 5 nitrogen and oxygen atoms in total. The van der Waals surface area contributed by atoms with E-state index < -0.39 is 0 Å². The topological polar surface area (TPSA) is 67.1 Å². The number of nitrogens with two attached hydrogens (primary N) is 1. The third-order valence-corrected chi connectivity index (χ3v) is 3.48. The summed E-state index contributed by atoms with van der Waals surface area (Å²) in [6.07, 6.45) is 4.21. The van der Waals surface area contributed by atoms with E-state index in [1.54, 1.807) is 0 Å². The van der Waals surface area contributed by atoms with Gasteiger partial charge in [0.2, 0.25) is 0 Å². The summed E-state index contributed by atoms with van der Waals surface area (Å²) in [5, 5.41) is 0. The van der Waals surface area contributed by atoms with Gasteiger partial charge in [-0.25, -0.2) is 15.8 Å². The fourth-order valence-electron chi connectivity index (χ4n) is 2.19. The molecule has 1 atom stereocenters. The largest absolute Gasteiger partial charge is 0.357 e. The Morgan fingerprint density at radius 1 is 1.26 bits per heavy atom. The maximum atomic E-state index is 5.56. The number of aromatic nitrogens is 2. The monoisotopic (exact) mass is 265 g/mol. The van der Waals surface area contributed by atoms with Crippen LogP contribution in [0.15, 0.2) is 0 Å². The van der Waals surface area contributed by atoms with Crippen molar-refractivity contribution in [1.29, 1.82) is 0 Å². The van der Waals surface area contributed by atoms with Crippen LogP contribution in [0.2, 0.25) is 0 Å². The molecule has 0 bridgehead atoms. The first kappa shape index (κ1) is 15.7. The molecule has 108 valence electrons. The first-order chi connectivity index (χ1) is 9.04. The Morgan fingerprint density at radius 3 is 2.47 bits per heavy atom. The maximum Gasteiger partial charge on any atom is 0.148 e. The fourth-order valence-corrected chi connectivity index (χ4v) is 2.19. The molecule has 0 aliphatic rings. The molecule has 0 radical (unpaired) electrons. The van der Waals surface area contributed by atoms with Crippen molar-refractivity contribution in [2.45, 2.75) is 59.4 Å². The van der Waals surface area contributed by atoms with Crippen molar-refractivity contribution >= 4 is 11.6 Å². The third-order valence-electron chi connectivity index (χ3n) is 3.48. The van der Waals surface area contributed by atoms with E-state index in [1.807, 2.05) is 6.92 Å². The van der Waals surface area contributed by atoms with E-state index in [0.717, 1.165) is 42.3 Å². The minimum atomic E-state index is 0.457. The van der Waals surface area contributed by atoms with Gasteiger partial charge in [-0.2, -0.15) is 0 Å². The van der Waals surface area contributed by atoms with Crippen molar-refractivity contribution in [2.75, 3.05) is 17.4 Å². The predicted octanol–water partition coefficient (Wildman–Crippen LogP) is 2.65. The zero-order valence-electron chi connectivity index (χ0n) is 12.8. The number of hydrazine groups is 1. The van der Waals surface area contributed by atoms with Crippen LogP contribution < -0.4 is 16.2 Å². The summed E-state index contributed by atoms with van der Waals surface area (Å²) in [6.45, 7) is 8.56. The molecule has 0 saturated heterocycles. The van der Waals surface area contributed by atoms with Crippen LogP contribution in [0.4, 0.5) is 11.6 Å². The number of hydrogen-bond donors (Lipinski definition) is 2. The molecule has 3 N–H and O–H groups in total. The van der Waals surface area contributed by atoms with E-state index in [9.17, 15) is 0 Å². The Morgan fingerprint density at radius 2 is 1.95 bits per heavy atom. The van der Waals surface area contributed by atoms with Crippen LogP contribution in [0.5, 0.6) is 0 Å². The smallest absolute Gasteiger partial charge is 0.148 e. The van der Waals surface area contributed by atoms with Gasteiger partial charge >= 0.3 is 0 Å². The molecule has 19 heavy (non-hydrogen) atoms. The lowest BCUT2D eigenvalue weighted by Crippen LogP contribution is -2.31. The molecule has 0 saturated carbocycles. The standard InChI is InChI=1S/C14H27N5/c1-6-8-10(3)19(5)14-11(4)13(18-15)16-12(17-14)9-7-2/h10H,6-9,15H2,1-5H3,(H,16,17,18). The number of nitrogen functional groups attached to an aromatic ring is 1. The fraction of sp³-hybridized carbons (Fsp3) is 0.714. The molecular formula is C14H27N5. The highest BCUT2D eigenvalue weighted by Gasteiger charge is 2.17. The van der Waals surface area contributed by atoms with E-state index in [0.29, 0.717) is 6.04 Å². The van der Waals surface area contributed by atoms with Gasteiger partial charge in [-0.05, 0) is 26.7 Å². The number of aryl methyl sites for hydroxylation is 1.